The predicted octanol–water partition coefficient (Wildman–Crippen LogP) is 2.06. The number of aryl methyl sites for hydroxylation is 1. The van der Waals surface area contributed by atoms with Crippen LogP contribution < -0.4 is 5.32 Å². The molecule has 0 bridgehead atoms. The Morgan fingerprint density at radius 2 is 2.07 bits per heavy atom. The highest BCUT2D eigenvalue weighted by Crippen LogP contribution is 2.31. The highest BCUT2D eigenvalue weighted by atomic mass is 15.3. The molecular weight excluding hydrogens is 186 g/mol. The number of hydrogen-bond donors (Lipinski definition) is 1. The van der Waals surface area contributed by atoms with Crippen LogP contribution in [0.2, 0.25) is 0 Å². The number of aromatic nitrogens is 2. The quantitative estimate of drug-likeness (QED) is 0.761. The van der Waals surface area contributed by atoms with Gasteiger partial charge in [0.05, 0.1) is 5.69 Å². The third-order valence-electron chi connectivity index (χ3n) is 2.86. The number of anilines is 1. The summed E-state index contributed by atoms with van der Waals surface area (Å²) in [6.07, 6.45) is 1.08. The van der Waals surface area contributed by atoms with E-state index in [1.54, 1.807) is 0 Å². The Kier molecular flexibility index (Phi) is 1.78. The molecule has 15 heavy (non-hydrogen) atoms. The molecule has 3 heteroatoms. The first kappa shape index (κ1) is 8.53. The zero-order valence-electron chi connectivity index (χ0n) is 8.70. The Hall–Kier alpha value is -1.77. The average Bonchev–Trinajstić information content (AvgIpc) is 2.84. The minimum absolute atomic E-state index is 1.03. The van der Waals surface area contributed by atoms with Gasteiger partial charge in [-0.25, -0.2) is 0 Å². The van der Waals surface area contributed by atoms with Crippen molar-refractivity contribution in [3.63, 3.8) is 0 Å². The summed E-state index contributed by atoms with van der Waals surface area (Å²) in [5, 5.41) is 7.92. The molecule has 2 aromatic rings. The summed E-state index contributed by atoms with van der Waals surface area (Å²) in [6, 6.07) is 10.4. The molecule has 76 valence electrons. The third kappa shape index (κ3) is 1.23. The highest BCUT2D eigenvalue weighted by molar-refractivity contribution is 5.71. The van der Waals surface area contributed by atoms with Gasteiger partial charge in [0.2, 0.25) is 0 Å². The number of benzene rings is 1. The molecule has 2 heterocycles. The first-order valence-corrected chi connectivity index (χ1v) is 5.21. The maximum atomic E-state index is 4.56. The van der Waals surface area contributed by atoms with Crippen LogP contribution in [0.5, 0.6) is 0 Å². The smallest absolute Gasteiger partial charge is 0.127 e. The zero-order valence-corrected chi connectivity index (χ0v) is 8.70. The zero-order chi connectivity index (χ0) is 10.3. The van der Waals surface area contributed by atoms with E-state index in [0.29, 0.717) is 0 Å². The molecule has 1 aromatic heterocycles. The highest BCUT2D eigenvalue weighted by Gasteiger charge is 2.20. The van der Waals surface area contributed by atoms with Crippen LogP contribution in [0.3, 0.4) is 0 Å². The van der Waals surface area contributed by atoms with Crippen molar-refractivity contribution in [1.29, 1.82) is 0 Å². The SMILES string of the molecule is Cn1nc(-c2ccccc2)c2c1NCC2. The molecular formula is C12H13N3. The van der Waals surface area contributed by atoms with Crippen molar-refractivity contribution < 1.29 is 0 Å². The van der Waals surface area contributed by atoms with Gasteiger partial charge < -0.3 is 5.32 Å². The minimum atomic E-state index is 1.03. The van der Waals surface area contributed by atoms with Gasteiger partial charge in [-0.3, -0.25) is 4.68 Å². The maximum Gasteiger partial charge on any atom is 0.127 e. The van der Waals surface area contributed by atoms with E-state index in [4.69, 9.17) is 0 Å². The average molecular weight is 199 g/mol. The molecule has 0 unspecified atom stereocenters. The molecule has 3 rings (SSSR count). The second kappa shape index (κ2) is 3.12. The molecule has 3 nitrogen and oxygen atoms in total. The van der Waals surface area contributed by atoms with Crippen molar-refractivity contribution in [3.8, 4) is 11.3 Å². The van der Waals surface area contributed by atoms with Crippen LogP contribution in [-0.2, 0) is 13.5 Å². The molecule has 0 radical (unpaired) electrons. The van der Waals surface area contributed by atoms with Gasteiger partial charge in [0.15, 0.2) is 0 Å². The van der Waals surface area contributed by atoms with Crippen molar-refractivity contribution >= 4 is 5.82 Å². The lowest BCUT2D eigenvalue weighted by Crippen LogP contribution is -2.01. The third-order valence-corrected chi connectivity index (χ3v) is 2.86. The molecule has 1 aromatic carbocycles. The number of nitrogens with zero attached hydrogens (tertiary/aromatic N) is 2. The molecule has 0 saturated heterocycles. The number of rotatable bonds is 1. The van der Waals surface area contributed by atoms with Gasteiger partial charge in [0, 0.05) is 24.7 Å². The van der Waals surface area contributed by atoms with Crippen molar-refractivity contribution in [2.24, 2.45) is 7.05 Å². The first-order valence-electron chi connectivity index (χ1n) is 5.21. The molecule has 0 fully saturated rings. The van der Waals surface area contributed by atoms with Crippen LogP contribution in [-0.4, -0.2) is 16.3 Å². The Balaban J connectivity index is 2.18. The maximum absolute atomic E-state index is 4.56. The normalized spacial score (nSPS) is 13.7. The summed E-state index contributed by atoms with van der Waals surface area (Å²) in [4.78, 5) is 0. The van der Waals surface area contributed by atoms with Crippen LogP contribution >= 0.6 is 0 Å². The minimum Gasteiger partial charge on any atom is -0.370 e. The number of fused-ring (bicyclic) bond motifs is 1. The fraction of sp³-hybridized carbons (Fsp3) is 0.250. The Bertz CT molecular complexity index is 485. The summed E-state index contributed by atoms with van der Waals surface area (Å²) in [5.41, 5.74) is 3.68. The fourth-order valence-corrected chi connectivity index (χ4v) is 2.16. The van der Waals surface area contributed by atoms with E-state index in [9.17, 15) is 0 Å². The van der Waals surface area contributed by atoms with E-state index in [-0.39, 0.29) is 0 Å². The van der Waals surface area contributed by atoms with Gasteiger partial charge in [-0.05, 0) is 6.42 Å². The molecule has 0 aliphatic carbocycles. The largest absolute Gasteiger partial charge is 0.370 e. The van der Waals surface area contributed by atoms with Crippen LogP contribution in [0.15, 0.2) is 30.3 Å². The van der Waals surface area contributed by atoms with Gasteiger partial charge in [-0.2, -0.15) is 5.10 Å². The fourth-order valence-electron chi connectivity index (χ4n) is 2.16. The van der Waals surface area contributed by atoms with E-state index < -0.39 is 0 Å². The van der Waals surface area contributed by atoms with Crippen LogP contribution in [0.25, 0.3) is 11.3 Å². The molecule has 0 amide bonds. The molecule has 1 N–H and O–H groups in total. The van der Waals surface area contributed by atoms with Crippen LogP contribution in [0, 0.1) is 0 Å². The Morgan fingerprint density at radius 1 is 1.27 bits per heavy atom. The standard InChI is InChI=1S/C12H13N3/c1-15-12-10(7-8-13-12)11(14-15)9-5-3-2-4-6-9/h2-6,13H,7-8H2,1H3. The molecule has 1 aliphatic rings. The Labute approximate surface area is 88.7 Å². The van der Waals surface area contributed by atoms with Gasteiger partial charge in [-0.1, -0.05) is 30.3 Å². The van der Waals surface area contributed by atoms with Crippen molar-refractivity contribution in [2.45, 2.75) is 6.42 Å². The van der Waals surface area contributed by atoms with Gasteiger partial charge >= 0.3 is 0 Å². The summed E-state index contributed by atoms with van der Waals surface area (Å²) in [6.45, 7) is 1.03. The lowest BCUT2D eigenvalue weighted by Gasteiger charge is -1.98. The summed E-state index contributed by atoms with van der Waals surface area (Å²) in [7, 11) is 1.99. The first-order chi connectivity index (χ1) is 7.36. The van der Waals surface area contributed by atoms with Crippen molar-refractivity contribution in [3.05, 3.63) is 35.9 Å². The lowest BCUT2D eigenvalue weighted by atomic mass is 10.1. The second-order valence-electron chi connectivity index (χ2n) is 3.84. The van der Waals surface area contributed by atoms with E-state index in [1.165, 1.54) is 16.9 Å². The van der Waals surface area contributed by atoms with E-state index in [2.05, 4.69) is 34.7 Å². The van der Waals surface area contributed by atoms with E-state index in [0.717, 1.165) is 18.7 Å². The predicted molar refractivity (Wildman–Crippen MR) is 60.8 cm³/mol. The van der Waals surface area contributed by atoms with Crippen molar-refractivity contribution in [1.82, 2.24) is 9.78 Å². The summed E-state index contributed by atoms with van der Waals surface area (Å²) in [5.74, 6) is 1.17. The molecule has 1 aliphatic heterocycles. The number of nitrogens with one attached hydrogen (secondary N) is 1. The molecule has 0 saturated carbocycles. The number of hydrogen-bond acceptors (Lipinski definition) is 2. The summed E-state index contributed by atoms with van der Waals surface area (Å²) < 4.78 is 1.94. The topological polar surface area (TPSA) is 29.9 Å². The van der Waals surface area contributed by atoms with Gasteiger partial charge in [0.1, 0.15) is 5.82 Å². The Morgan fingerprint density at radius 3 is 2.87 bits per heavy atom. The second-order valence-corrected chi connectivity index (χ2v) is 3.84. The van der Waals surface area contributed by atoms with Crippen LogP contribution in [0.4, 0.5) is 5.82 Å². The van der Waals surface area contributed by atoms with Gasteiger partial charge in [0.25, 0.3) is 0 Å². The molecule has 0 atom stereocenters. The van der Waals surface area contributed by atoms with Crippen molar-refractivity contribution in [2.75, 3.05) is 11.9 Å². The van der Waals surface area contributed by atoms with Gasteiger partial charge in [-0.15, -0.1) is 0 Å². The lowest BCUT2D eigenvalue weighted by molar-refractivity contribution is 0.775. The molecule has 0 spiro atoms. The van der Waals surface area contributed by atoms with E-state index in [1.807, 2.05) is 17.8 Å². The summed E-state index contributed by atoms with van der Waals surface area (Å²) >= 11 is 0. The van der Waals surface area contributed by atoms with E-state index >= 15 is 0 Å². The van der Waals surface area contributed by atoms with Crippen LogP contribution in [0.1, 0.15) is 5.56 Å². The monoisotopic (exact) mass is 199 g/mol.